The summed E-state index contributed by atoms with van der Waals surface area (Å²) in [4.78, 5) is 0. The van der Waals surface area contributed by atoms with Gasteiger partial charge in [-0.1, -0.05) is 6.07 Å². The Hall–Kier alpha value is -0.840. The molecule has 1 atom stereocenters. The number of hydrogen-bond acceptors (Lipinski definition) is 3. The lowest BCUT2D eigenvalue weighted by molar-refractivity contribution is 0.0583. The maximum absolute atomic E-state index is 13.6. The molecule has 1 heterocycles. The van der Waals surface area contributed by atoms with Crippen molar-refractivity contribution in [1.29, 1.82) is 0 Å². The van der Waals surface area contributed by atoms with Crippen molar-refractivity contribution in [1.82, 2.24) is 0 Å². The summed E-state index contributed by atoms with van der Waals surface area (Å²) in [5, 5.41) is 0. The molecule has 1 aromatic rings. The van der Waals surface area contributed by atoms with E-state index in [0.717, 1.165) is 31.6 Å². The molecule has 5 heteroatoms. The molecule has 18 heavy (non-hydrogen) atoms. The van der Waals surface area contributed by atoms with Crippen LogP contribution in [0.25, 0.3) is 0 Å². The van der Waals surface area contributed by atoms with Crippen LogP contribution in [0.15, 0.2) is 18.2 Å². The molecular formula is C13H19ClFNO2. The summed E-state index contributed by atoms with van der Waals surface area (Å²) < 4.78 is 23.8. The van der Waals surface area contributed by atoms with Gasteiger partial charge in [-0.15, -0.1) is 12.4 Å². The van der Waals surface area contributed by atoms with Crippen LogP contribution in [0.3, 0.4) is 0 Å². The van der Waals surface area contributed by atoms with Gasteiger partial charge in [-0.05, 0) is 36.5 Å². The third-order valence-electron chi connectivity index (χ3n) is 3.33. The second-order valence-corrected chi connectivity index (χ2v) is 4.37. The average molecular weight is 276 g/mol. The van der Waals surface area contributed by atoms with E-state index in [1.165, 1.54) is 13.2 Å². The Morgan fingerprint density at radius 2 is 2.06 bits per heavy atom. The molecule has 1 aliphatic rings. The summed E-state index contributed by atoms with van der Waals surface area (Å²) >= 11 is 0. The fraction of sp³-hybridized carbons (Fsp3) is 0.538. The highest BCUT2D eigenvalue weighted by atomic mass is 35.5. The lowest BCUT2D eigenvalue weighted by atomic mass is 9.88. The van der Waals surface area contributed by atoms with E-state index in [2.05, 4.69) is 0 Å². The zero-order valence-electron chi connectivity index (χ0n) is 10.4. The Kier molecular flexibility index (Phi) is 5.85. The number of methoxy groups -OCH3 is 1. The Labute approximate surface area is 113 Å². The van der Waals surface area contributed by atoms with Crippen LogP contribution < -0.4 is 10.5 Å². The average Bonchev–Trinajstić information content (AvgIpc) is 2.39. The van der Waals surface area contributed by atoms with Crippen molar-refractivity contribution in [3.63, 3.8) is 0 Å². The molecule has 102 valence electrons. The molecule has 0 radical (unpaired) electrons. The van der Waals surface area contributed by atoms with Gasteiger partial charge in [-0.25, -0.2) is 4.39 Å². The van der Waals surface area contributed by atoms with E-state index >= 15 is 0 Å². The van der Waals surface area contributed by atoms with Gasteiger partial charge in [0.1, 0.15) is 0 Å². The molecule has 0 unspecified atom stereocenters. The predicted molar refractivity (Wildman–Crippen MR) is 70.7 cm³/mol. The molecule has 1 aromatic carbocycles. The van der Waals surface area contributed by atoms with Crippen molar-refractivity contribution in [2.75, 3.05) is 20.3 Å². The first-order valence-corrected chi connectivity index (χ1v) is 5.89. The number of rotatable bonds is 3. The van der Waals surface area contributed by atoms with E-state index in [-0.39, 0.29) is 30.0 Å². The summed E-state index contributed by atoms with van der Waals surface area (Å²) in [6.07, 6.45) is 1.88. The second-order valence-electron chi connectivity index (χ2n) is 4.37. The largest absolute Gasteiger partial charge is 0.494 e. The molecule has 0 aliphatic carbocycles. The van der Waals surface area contributed by atoms with Gasteiger partial charge in [0.15, 0.2) is 11.6 Å². The lowest BCUT2D eigenvalue weighted by Crippen LogP contribution is -2.27. The zero-order valence-corrected chi connectivity index (χ0v) is 11.2. The van der Waals surface area contributed by atoms with Gasteiger partial charge in [-0.3, -0.25) is 0 Å². The summed E-state index contributed by atoms with van der Waals surface area (Å²) in [6.45, 7) is 1.49. The zero-order chi connectivity index (χ0) is 12.3. The molecule has 0 bridgehead atoms. The first-order valence-electron chi connectivity index (χ1n) is 5.89. The smallest absolute Gasteiger partial charge is 0.165 e. The highest BCUT2D eigenvalue weighted by Crippen LogP contribution is 2.30. The summed E-state index contributed by atoms with van der Waals surface area (Å²) in [7, 11) is 1.45. The summed E-state index contributed by atoms with van der Waals surface area (Å²) in [5.41, 5.74) is 7.00. The van der Waals surface area contributed by atoms with Crippen LogP contribution in [-0.4, -0.2) is 20.3 Å². The fourth-order valence-corrected chi connectivity index (χ4v) is 2.24. The first-order chi connectivity index (χ1) is 8.22. The van der Waals surface area contributed by atoms with Crippen molar-refractivity contribution >= 4 is 12.4 Å². The quantitative estimate of drug-likeness (QED) is 0.922. The Morgan fingerprint density at radius 1 is 1.39 bits per heavy atom. The van der Waals surface area contributed by atoms with Gasteiger partial charge < -0.3 is 15.2 Å². The summed E-state index contributed by atoms with van der Waals surface area (Å²) in [5.74, 6) is 0.275. The van der Waals surface area contributed by atoms with Gasteiger partial charge in [0.05, 0.1) is 7.11 Å². The molecule has 0 amide bonds. The van der Waals surface area contributed by atoms with E-state index in [0.29, 0.717) is 5.92 Å². The minimum atomic E-state index is -0.354. The van der Waals surface area contributed by atoms with Gasteiger partial charge in [0, 0.05) is 19.3 Å². The topological polar surface area (TPSA) is 44.5 Å². The standard InChI is InChI=1S/C13H18FNO2.ClH/c1-16-12-3-2-10(8-11(12)14)13(15)9-4-6-17-7-5-9;/h2-3,8-9,13H,4-7,15H2,1H3;1H/t13-;/m1./s1. The third-order valence-corrected chi connectivity index (χ3v) is 3.33. The van der Waals surface area contributed by atoms with E-state index in [9.17, 15) is 4.39 Å². The maximum atomic E-state index is 13.6. The van der Waals surface area contributed by atoms with Crippen molar-refractivity contribution in [2.24, 2.45) is 11.7 Å². The number of ether oxygens (including phenoxy) is 2. The fourth-order valence-electron chi connectivity index (χ4n) is 2.24. The highest BCUT2D eigenvalue weighted by Gasteiger charge is 2.22. The summed E-state index contributed by atoms with van der Waals surface area (Å²) in [6, 6.07) is 4.81. The minimum Gasteiger partial charge on any atom is -0.494 e. The van der Waals surface area contributed by atoms with E-state index in [1.807, 2.05) is 6.07 Å². The van der Waals surface area contributed by atoms with Gasteiger partial charge in [0.2, 0.25) is 0 Å². The van der Waals surface area contributed by atoms with Gasteiger partial charge in [-0.2, -0.15) is 0 Å². The normalized spacial score (nSPS) is 17.9. The molecular weight excluding hydrogens is 257 g/mol. The van der Waals surface area contributed by atoms with Crippen molar-refractivity contribution in [2.45, 2.75) is 18.9 Å². The number of benzene rings is 1. The maximum Gasteiger partial charge on any atom is 0.165 e. The minimum absolute atomic E-state index is 0. The van der Waals surface area contributed by atoms with Crippen LogP contribution in [0.5, 0.6) is 5.75 Å². The molecule has 0 spiro atoms. The highest BCUT2D eigenvalue weighted by molar-refractivity contribution is 5.85. The molecule has 0 aromatic heterocycles. The van der Waals surface area contributed by atoms with Crippen LogP contribution in [0.1, 0.15) is 24.4 Å². The molecule has 2 rings (SSSR count). The predicted octanol–water partition coefficient (Wildman–Crippen LogP) is 2.68. The number of nitrogens with two attached hydrogens (primary N) is 1. The number of halogens is 2. The SMILES string of the molecule is COc1ccc([C@H](N)C2CCOCC2)cc1F.Cl. The Bertz CT molecular complexity index is 383. The lowest BCUT2D eigenvalue weighted by Gasteiger charge is -2.28. The molecule has 0 saturated carbocycles. The molecule has 2 N–H and O–H groups in total. The monoisotopic (exact) mass is 275 g/mol. The van der Waals surface area contributed by atoms with Crippen molar-refractivity contribution in [3.05, 3.63) is 29.6 Å². The van der Waals surface area contributed by atoms with E-state index in [4.69, 9.17) is 15.2 Å². The molecule has 1 saturated heterocycles. The van der Waals surface area contributed by atoms with Crippen LogP contribution in [0.4, 0.5) is 4.39 Å². The van der Waals surface area contributed by atoms with Crippen LogP contribution >= 0.6 is 12.4 Å². The van der Waals surface area contributed by atoms with Gasteiger partial charge >= 0.3 is 0 Å². The van der Waals surface area contributed by atoms with Crippen LogP contribution in [0, 0.1) is 11.7 Å². The molecule has 1 fully saturated rings. The number of hydrogen-bond donors (Lipinski definition) is 1. The van der Waals surface area contributed by atoms with Crippen molar-refractivity contribution < 1.29 is 13.9 Å². The molecule has 1 aliphatic heterocycles. The van der Waals surface area contributed by atoms with Gasteiger partial charge in [0.25, 0.3) is 0 Å². The second kappa shape index (κ2) is 6.92. The molecule has 3 nitrogen and oxygen atoms in total. The first kappa shape index (κ1) is 15.2. The van der Waals surface area contributed by atoms with Crippen molar-refractivity contribution in [3.8, 4) is 5.75 Å². The van der Waals surface area contributed by atoms with E-state index in [1.54, 1.807) is 6.07 Å². The van der Waals surface area contributed by atoms with E-state index < -0.39 is 0 Å². The van der Waals surface area contributed by atoms with Crippen LogP contribution in [-0.2, 0) is 4.74 Å². The van der Waals surface area contributed by atoms with Crippen LogP contribution in [0.2, 0.25) is 0 Å². The Morgan fingerprint density at radius 3 is 2.61 bits per heavy atom. The Balaban J connectivity index is 0.00000162. The third kappa shape index (κ3) is 3.34.